The van der Waals surface area contributed by atoms with Gasteiger partial charge in [0.25, 0.3) is 0 Å². The minimum absolute atomic E-state index is 0.00990. The van der Waals surface area contributed by atoms with Gasteiger partial charge < -0.3 is 9.55 Å². The normalized spacial score (nSPS) is 11.7. The van der Waals surface area contributed by atoms with Crippen molar-refractivity contribution in [2.45, 2.75) is 18.4 Å². The molecule has 0 aliphatic heterocycles. The second-order valence-corrected chi connectivity index (χ2v) is 7.33. The van der Waals surface area contributed by atoms with Gasteiger partial charge in [0.15, 0.2) is 0 Å². The van der Waals surface area contributed by atoms with E-state index in [0.717, 1.165) is 0 Å². The van der Waals surface area contributed by atoms with Crippen LogP contribution in [0.1, 0.15) is 5.56 Å². The molecule has 0 aliphatic carbocycles. The van der Waals surface area contributed by atoms with Gasteiger partial charge in [0.1, 0.15) is 0 Å². The van der Waals surface area contributed by atoms with Crippen LogP contribution in [0.4, 0.5) is 0 Å². The van der Waals surface area contributed by atoms with Gasteiger partial charge in [-0.2, -0.15) is 0 Å². The molecule has 8 heteroatoms. The number of fused-ring (bicyclic) bond motifs is 1. The number of hydrogen-bond acceptors (Lipinski definition) is 4. The Hall–Kier alpha value is -2.71. The van der Waals surface area contributed by atoms with E-state index in [0.29, 0.717) is 16.6 Å². The first-order chi connectivity index (χ1) is 11.9. The maximum absolute atomic E-state index is 12.4. The standard InChI is InChI=1S/C17H17N3O4S/c1-12-6-2-5-9-15(12)25(23,24)18-10-11-20-14-8-4-3-7-13(14)19-16(21)17(20)22/h2-9,18H,10-11H2,1H3,(H,19,21). The number of sulfonamides is 1. The lowest BCUT2D eigenvalue weighted by molar-refractivity contribution is 0.571. The highest BCUT2D eigenvalue weighted by atomic mass is 32.2. The van der Waals surface area contributed by atoms with Crippen molar-refractivity contribution in [3.05, 3.63) is 74.8 Å². The Morgan fingerprint density at radius 1 is 1.04 bits per heavy atom. The summed E-state index contributed by atoms with van der Waals surface area (Å²) in [5, 5.41) is 0. The lowest BCUT2D eigenvalue weighted by Gasteiger charge is -2.12. The number of nitrogens with zero attached hydrogens (tertiary/aromatic N) is 1. The van der Waals surface area contributed by atoms with E-state index in [1.54, 1.807) is 49.4 Å². The summed E-state index contributed by atoms with van der Waals surface area (Å²) < 4.78 is 28.5. The first-order valence-corrected chi connectivity index (χ1v) is 9.15. The first-order valence-electron chi connectivity index (χ1n) is 7.67. The van der Waals surface area contributed by atoms with E-state index in [-0.39, 0.29) is 18.0 Å². The topological polar surface area (TPSA) is 101 Å². The zero-order chi connectivity index (χ0) is 18.0. The fraction of sp³-hybridized carbons (Fsp3) is 0.176. The van der Waals surface area contributed by atoms with Crippen LogP contribution in [-0.4, -0.2) is 24.5 Å². The maximum Gasteiger partial charge on any atom is 0.316 e. The van der Waals surface area contributed by atoms with Crippen molar-refractivity contribution in [1.29, 1.82) is 0 Å². The molecule has 1 aromatic heterocycles. The molecule has 0 saturated heterocycles. The highest BCUT2D eigenvalue weighted by Crippen LogP contribution is 2.13. The van der Waals surface area contributed by atoms with Crippen molar-refractivity contribution in [1.82, 2.24) is 14.3 Å². The van der Waals surface area contributed by atoms with E-state index in [4.69, 9.17) is 0 Å². The van der Waals surface area contributed by atoms with Crippen molar-refractivity contribution < 1.29 is 8.42 Å². The van der Waals surface area contributed by atoms with Gasteiger partial charge in [-0.15, -0.1) is 0 Å². The van der Waals surface area contributed by atoms with E-state index >= 15 is 0 Å². The molecule has 2 aromatic carbocycles. The molecular weight excluding hydrogens is 342 g/mol. The third-order valence-corrected chi connectivity index (χ3v) is 5.51. The number of hydrogen-bond donors (Lipinski definition) is 2. The van der Waals surface area contributed by atoms with Crippen LogP contribution >= 0.6 is 0 Å². The SMILES string of the molecule is Cc1ccccc1S(=O)(=O)NCCn1c(=O)c(=O)[nH]c2ccccc21. The fourth-order valence-corrected chi connectivity index (χ4v) is 3.94. The molecule has 3 aromatic rings. The molecule has 130 valence electrons. The van der Waals surface area contributed by atoms with Gasteiger partial charge in [0, 0.05) is 13.1 Å². The second kappa shape index (κ2) is 6.66. The van der Waals surface area contributed by atoms with Crippen molar-refractivity contribution in [3.8, 4) is 0 Å². The first kappa shape index (κ1) is 17.1. The van der Waals surface area contributed by atoms with Crippen LogP contribution in [0.2, 0.25) is 0 Å². The largest absolute Gasteiger partial charge is 0.316 e. The maximum atomic E-state index is 12.4. The molecule has 0 saturated carbocycles. The smallest absolute Gasteiger partial charge is 0.316 e. The molecule has 0 fully saturated rings. The van der Waals surface area contributed by atoms with E-state index in [2.05, 4.69) is 9.71 Å². The van der Waals surface area contributed by atoms with Gasteiger partial charge in [0.2, 0.25) is 10.0 Å². The third kappa shape index (κ3) is 3.40. The van der Waals surface area contributed by atoms with Crippen LogP contribution in [0.25, 0.3) is 11.0 Å². The molecule has 0 amide bonds. The Morgan fingerprint density at radius 2 is 1.72 bits per heavy atom. The number of aryl methyl sites for hydroxylation is 1. The minimum atomic E-state index is -3.69. The van der Waals surface area contributed by atoms with Crippen molar-refractivity contribution in [2.75, 3.05) is 6.54 Å². The summed E-state index contributed by atoms with van der Waals surface area (Å²) in [6.45, 7) is 1.75. The Bertz CT molecular complexity index is 1150. The number of aromatic amines is 1. The Morgan fingerprint density at radius 3 is 2.48 bits per heavy atom. The quantitative estimate of drug-likeness (QED) is 0.663. The summed E-state index contributed by atoms with van der Waals surface area (Å²) >= 11 is 0. The predicted molar refractivity (Wildman–Crippen MR) is 95.2 cm³/mol. The average molecular weight is 359 g/mol. The lowest BCUT2D eigenvalue weighted by Crippen LogP contribution is -2.39. The second-order valence-electron chi connectivity index (χ2n) is 5.59. The van der Waals surface area contributed by atoms with Gasteiger partial charge in [-0.25, -0.2) is 13.1 Å². The number of benzene rings is 2. The third-order valence-electron chi connectivity index (χ3n) is 3.89. The summed E-state index contributed by atoms with van der Waals surface area (Å²) in [6.07, 6.45) is 0. The Balaban J connectivity index is 1.87. The van der Waals surface area contributed by atoms with Gasteiger partial charge >= 0.3 is 11.1 Å². The summed E-state index contributed by atoms with van der Waals surface area (Å²) in [7, 11) is -3.69. The highest BCUT2D eigenvalue weighted by Gasteiger charge is 2.16. The monoisotopic (exact) mass is 359 g/mol. The lowest BCUT2D eigenvalue weighted by atomic mass is 10.2. The zero-order valence-corrected chi connectivity index (χ0v) is 14.3. The summed E-state index contributed by atoms with van der Waals surface area (Å²) in [5.74, 6) is 0. The molecule has 7 nitrogen and oxygen atoms in total. The van der Waals surface area contributed by atoms with E-state index < -0.39 is 21.1 Å². The summed E-state index contributed by atoms with van der Waals surface area (Å²) in [4.78, 5) is 26.6. The minimum Gasteiger partial charge on any atom is -0.316 e. The molecule has 0 radical (unpaired) electrons. The molecule has 0 aliphatic rings. The van der Waals surface area contributed by atoms with Crippen LogP contribution in [0, 0.1) is 6.92 Å². The number of para-hydroxylation sites is 2. The molecule has 0 unspecified atom stereocenters. The molecule has 1 heterocycles. The van der Waals surface area contributed by atoms with E-state index in [9.17, 15) is 18.0 Å². The Kier molecular flexibility index (Phi) is 4.56. The number of nitrogens with one attached hydrogen (secondary N) is 2. The van der Waals surface area contributed by atoms with E-state index in [1.165, 1.54) is 10.6 Å². The van der Waals surface area contributed by atoms with Crippen molar-refractivity contribution in [3.63, 3.8) is 0 Å². The van der Waals surface area contributed by atoms with Crippen molar-refractivity contribution >= 4 is 21.1 Å². The molecule has 25 heavy (non-hydrogen) atoms. The molecule has 0 spiro atoms. The van der Waals surface area contributed by atoms with Crippen LogP contribution in [0.15, 0.2) is 63.0 Å². The number of aromatic nitrogens is 2. The Labute approximate surface area is 144 Å². The van der Waals surface area contributed by atoms with Crippen LogP contribution < -0.4 is 15.8 Å². The fourth-order valence-electron chi connectivity index (χ4n) is 2.67. The van der Waals surface area contributed by atoms with Crippen LogP contribution in [0.5, 0.6) is 0 Å². The zero-order valence-electron chi connectivity index (χ0n) is 13.5. The van der Waals surface area contributed by atoms with E-state index in [1.807, 2.05) is 0 Å². The van der Waals surface area contributed by atoms with Gasteiger partial charge in [0.05, 0.1) is 15.9 Å². The number of H-pyrrole nitrogens is 1. The van der Waals surface area contributed by atoms with Gasteiger partial charge in [-0.05, 0) is 30.7 Å². The van der Waals surface area contributed by atoms with Crippen LogP contribution in [0.3, 0.4) is 0 Å². The number of rotatable bonds is 5. The van der Waals surface area contributed by atoms with Gasteiger partial charge in [-0.1, -0.05) is 30.3 Å². The summed E-state index contributed by atoms with van der Waals surface area (Å²) in [6, 6.07) is 13.5. The predicted octanol–water partition coefficient (Wildman–Crippen LogP) is 0.977. The summed E-state index contributed by atoms with van der Waals surface area (Å²) in [5.41, 5.74) is 0.249. The van der Waals surface area contributed by atoms with Crippen molar-refractivity contribution in [2.24, 2.45) is 0 Å². The molecule has 0 atom stereocenters. The highest BCUT2D eigenvalue weighted by molar-refractivity contribution is 7.89. The molecule has 2 N–H and O–H groups in total. The molecule has 0 bridgehead atoms. The van der Waals surface area contributed by atoms with Crippen LogP contribution in [-0.2, 0) is 16.6 Å². The van der Waals surface area contributed by atoms with Gasteiger partial charge in [-0.3, -0.25) is 9.59 Å². The molecule has 3 rings (SSSR count). The average Bonchev–Trinajstić information content (AvgIpc) is 2.58. The molecular formula is C17H17N3O4S.